The van der Waals surface area contributed by atoms with Crippen LogP contribution in [-0.4, -0.2) is 53.8 Å². The third-order valence-corrected chi connectivity index (χ3v) is 2.72. The average molecular weight is 269 g/mol. The summed E-state index contributed by atoms with van der Waals surface area (Å²) in [6.07, 6.45) is -0.693. The van der Waals surface area contributed by atoms with Crippen molar-refractivity contribution in [3.63, 3.8) is 0 Å². The van der Waals surface area contributed by atoms with Crippen LogP contribution in [0, 0.1) is 13.8 Å². The summed E-state index contributed by atoms with van der Waals surface area (Å²) >= 11 is 0. The number of aryl methyl sites for hydroxylation is 2. The smallest absolute Gasteiger partial charge is 0.119 e. The Balaban J connectivity index is 2.35. The lowest BCUT2D eigenvalue weighted by Crippen LogP contribution is -2.41. The fourth-order valence-electron chi connectivity index (χ4n) is 1.76. The lowest BCUT2D eigenvalue weighted by Gasteiger charge is -2.17. The standard InChI is InChI=1S/C14H23NO4/c1-10-3-11(2)5-14(4-10)19-9-13(18)6-15-12(7-16)8-17/h3-5,12-13,15-18H,6-9H2,1-2H3. The Kier molecular flexibility index (Phi) is 6.80. The molecule has 0 aliphatic rings. The molecule has 19 heavy (non-hydrogen) atoms. The van der Waals surface area contributed by atoms with Crippen molar-refractivity contribution in [1.29, 1.82) is 0 Å². The summed E-state index contributed by atoms with van der Waals surface area (Å²) in [4.78, 5) is 0. The van der Waals surface area contributed by atoms with E-state index in [0.717, 1.165) is 16.9 Å². The molecule has 0 spiro atoms. The van der Waals surface area contributed by atoms with Gasteiger partial charge in [-0.15, -0.1) is 0 Å². The summed E-state index contributed by atoms with van der Waals surface area (Å²) in [5.41, 5.74) is 2.23. The number of hydrogen-bond donors (Lipinski definition) is 4. The summed E-state index contributed by atoms with van der Waals surface area (Å²) in [7, 11) is 0. The maximum absolute atomic E-state index is 9.74. The van der Waals surface area contributed by atoms with Gasteiger partial charge in [-0.3, -0.25) is 0 Å². The van der Waals surface area contributed by atoms with Crippen LogP contribution in [0.15, 0.2) is 18.2 Å². The fourth-order valence-corrected chi connectivity index (χ4v) is 1.76. The molecule has 0 amide bonds. The fraction of sp³-hybridized carbons (Fsp3) is 0.571. The van der Waals surface area contributed by atoms with Gasteiger partial charge < -0.3 is 25.4 Å². The van der Waals surface area contributed by atoms with Crippen LogP contribution in [0.25, 0.3) is 0 Å². The lowest BCUT2D eigenvalue weighted by atomic mass is 10.1. The molecule has 1 unspecified atom stereocenters. The zero-order chi connectivity index (χ0) is 14.3. The summed E-state index contributed by atoms with van der Waals surface area (Å²) < 4.78 is 5.51. The van der Waals surface area contributed by atoms with Gasteiger partial charge in [0.2, 0.25) is 0 Å². The van der Waals surface area contributed by atoms with Gasteiger partial charge in [0.1, 0.15) is 18.5 Å². The average Bonchev–Trinajstić information content (AvgIpc) is 2.36. The highest BCUT2D eigenvalue weighted by Gasteiger charge is 2.10. The van der Waals surface area contributed by atoms with Crippen LogP contribution in [0.2, 0.25) is 0 Å². The van der Waals surface area contributed by atoms with Gasteiger partial charge >= 0.3 is 0 Å². The quantitative estimate of drug-likeness (QED) is 0.533. The van der Waals surface area contributed by atoms with Gasteiger partial charge in [0.15, 0.2) is 0 Å². The summed E-state index contributed by atoms with van der Waals surface area (Å²) in [6, 6.07) is 5.48. The molecule has 1 aromatic rings. The first-order chi connectivity index (χ1) is 9.05. The maximum Gasteiger partial charge on any atom is 0.119 e. The Morgan fingerprint density at radius 2 is 1.68 bits per heavy atom. The number of hydrogen-bond acceptors (Lipinski definition) is 5. The minimum absolute atomic E-state index is 0.166. The highest BCUT2D eigenvalue weighted by atomic mass is 16.5. The van der Waals surface area contributed by atoms with Gasteiger partial charge in [0, 0.05) is 6.54 Å². The van der Waals surface area contributed by atoms with Crippen molar-refractivity contribution in [2.45, 2.75) is 26.0 Å². The molecular weight excluding hydrogens is 246 g/mol. The SMILES string of the molecule is Cc1cc(C)cc(OCC(O)CNC(CO)CO)c1. The van der Waals surface area contributed by atoms with Crippen molar-refractivity contribution in [2.24, 2.45) is 0 Å². The van der Waals surface area contributed by atoms with E-state index in [1.54, 1.807) is 0 Å². The summed E-state index contributed by atoms with van der Waals surface area (Å²) in [5, 5.41) is 30.3. The van der Waals surface area contributed by atoms with E-state index < -0.39 is 12.1 Å². The van der Waals surface area contributed by atoms with E-state index in [4.69, 9.17) is 14.9 Å². The Morgan fingerprint density at radius 1 is 1.11 bits per heavy atom. The van der Waals surface area contributed by atoms with Crippen LogP contribution in [0.1, 0.15) is 11.1 Å². The molecule has 0 saturated heterocycles. The van der Waals surface area contributed by atoms with Gasteiger partial charge in [-0.1, -0.05) is 6.07 Å². The van der Waals surface area contributed by atoms with E-state index >= 15 is 0 Å². The van der Waals surface area contributed by atoms with Crippen molar-refractivity contribution in [3.05, 3.63) is 29.3 Å². The number of ether oxygens (including phenoxy) is 1. The number of nitrogens with one attached hydrogen (secondary N) is 1. The monoisotopic (exact) mass is 269 g/mol. The number of rotatable bonds is 8. The molecule has 5 nitrogen and oxygen atoms in total. The Bertz CT molecular complexity index is 359. The minimum Gasteiger partial charge on any atom is -0.491 e. The first kappa shape index (κ1) is 15.9. The number of benzene rings is 1. The van der Waals surface area contributed by atoms with Crippen LogP contribution in [0.3, 0.4) is 0 Å². The normalized spacial score (nSPS) is 12.7. The molecule has 0 bridgehead atoms. The minimum atomic E-state index is -0.693. The van der Waals surface area contributed by atoms with Gasteiger partial charge in [0.25, 0.3) is 0 Å². The summed E-state index contributed by atoms with van der Waals surface area (Å²) in [5.74, 6) is 0.734. The predicted molar refractivity (Wildman–Crippen MR) is 73.4 cm³/mol. The summed E-state index contributed by atoms with van der Waals surface area (Å²) in [6.45, 7) is 4.08. The van der Waals surface area contributed by atoms with E-state index in [1.165, 1.54) is 0 Å². The number of aliphatic hydroxyl groups is 3. The highest BCUT2D eigenvalue weighted by molar-refractivity contribution is 5.32. The molecule has 0 aromatic heterocycles. The van der Waals surface area contributed by atoms with Crippen molar-refractivity contribution in [3.8, 4) is 5.75 Å². The second-order valence-corrected chi connectivity index (χ2v) is 4.76. The highest BCUT2D eigenvalue weighted by Crippen LogP contribution is 2.16. The lowest BCUT2D eigenvalue weighted by molar-refractivity contribution is 0.0929. The molecule has 0 aliphatic carbocycles. The van der Waals surface area contributed by atoms with Crippen molar-refractivity contribution < 1.29 is 20.1 Å². The van der Waals surface area contributed by atoms with Crippen LogP contribution < -0.4 is 10.1 Å². The molecule has 0 saturated carbocycles. The van der Waals surface area contributed by atoms with Gasteiger partial charge in [-0.05, 0) is 37.1 Å². The maximum atomic E-state index is 9.74. The Morgan fingerprint density at radius 3 is 2.21 bits per heavy atom. The van der Waals surface area contributed by atoms with E-state index in [1.807, 2.05) is 26.0 Å². The van der Waals surface area contributed by atoms with Crippen LogP contribution in [-0.2, 0) is 0 Å². The second kappa shape index (κ2) is 8.12. The van der Waals surface area contributed by atoms with Crippen molar-refractivity contribution >= 4 is 0 Å². The Labute approximate surface area is 113 Å². The van der Waals surface area contributed by atoms with Gasteiger partial charge in [0.05, 0.1) is 19.3 Å². The molecular formula is C14H23NO4. The van der Waals surface area contributed by atoms with E-state index in [9.17, 15) is 5.11 Å². The molecule has 5 heteroatoms. The second-order valence-electron chi connectivity index (χ2n) is 4.76. The molecule has 0 fully saturated rings. The van der Waals surface area contributed by atoms with Crippen molar-refractivity contribution in [1.82, 2.24) is 5.32 Å². The molecule has 1 rings (SSSR count). The largest absolute Gasteiger partial charge is 0.491 e. The topological polar surface area (TPSA) is 82.0 Å². The Hall–Kier alpha value is -1.14. The number of aliphatic hydroxyl groups excluding tert-OH is 3. The van der Waals surface area contributed by atoms with Crippen LogP contribution in [0.4, 0.5) is 0 Å². The van der Waals surface area contributed by atoms with Crippen LogP contribution in [0.5, 0.6) is 5.75 Å². The molecule has 0 heterocycles. The third-order valence-electron chi connectivity index (χ3n) is 2.72. The van der Waals surface area contributed by atoms with Gasteiger partial charge in [-0.25, -0.2) is 0 Å². The third kappa shape index (κ3) is 6.02. The predicted octanol–water partition coefficient (Wildman–Crippen LogP) is -0.0141. The van der Waals surface area contributed by atoms with E-state index in [2.05, 4.69) is 11.4 Å². The van der Waals surface area contributed by atoms with Crippen LogP contribution >= 0.6 is 0 Å². The first-order valence-electron chi connectivity index (χ1n) is 6.39. The molecule has 108 valence electrons. The van der Waals surface area contributed by atoms with E-state index in [-0.39, 0.29) is 26.4 Å². The molecule has 4 N–H and O–H groups in total. The van der Waals surface area contributed by atoms with Gasteiger partial charge in [-0.2, -0.15) is 0 Å². The molecule has 0 aliphatic heterocycles. The zero-order valence-corrected chi connectivity index (χ0v) is 11.5. The first-order valence-corrected chi connectivity index (χ1v) is 6.39. The van der Waals surface area contributed by atoms with Crippen molar-refractivity contribution in [2.75, 3.05) is 26.4 Å². The zero-order valence-electron chi connectivity index (χ0n) is 11.5. The molecule has 1 atom stereocenters. The molecule has 0 radical (unpaired) electrons. The van der Waals surface area contributed by atoms with E-state index in [0.29, 0.717) is 0 Å². The molecule has 1 aromatic carbocycles.